The molecule has 1 unspecified atom stereocenters. The summed E-state index contributed by atoms with van der Waals surface area (Å²) in [5.74, 6) is -0.0449. The van der Waals surface area contributed by atoms with Crippen LogP contribution in [0.4, 0.5) is 0 Å². The zero-order valence-corrected chi connectivity index (χ0v) is 18.6. The van der Waals surface area contributed by atoms with Gasteiger partial charge in [-0.3, -0.25) is 4.79 Å². The standard InChI is InChI=1S/C20H28N4O3S2/c1-14(2)24(15-8-4-3-5-9-15)20(25)17-11-7-13-23(17)29(26,27)18-12-6-10-16-19(18)22-28-21-16/h6,10,12,14-15,17H,3-5,7-9,11,13H2,1-2H3. The van der Waals surface area contributed by atoms with E-state index >= 15 is 0 Å². The van der Waals surface area contributed by atoms with E-state index in [1.807, 2.05) is 18.7 Å². The predicted octanol–water partition coefficient (Wildman–Crippen LogP) is 3.41. The van der Waals surface area contributed by atoms with Gasteiger partial charge in [-0.15, -0.1) is 0 Å². The Morgan fingerprint density at radius 1 is 1.14 bits per heavy atom. The van der Waals surface area contributed by atoms with E-state index in [0.29, 0.717) is 30.4 Å². The Labute approximate surface area is 176 Å². The minimum absolute atomic E-state index is 0.0449. The molecule has 4 rings (SSSR count). The van der Waals surface area contributed by atoms with Crippen molar-refractivity contribution < 1.29 is 13.2 Å². The summed E-state index contributed by atoms with van der Waals surface area (Å²) in [6.45, 7) is 4.42. The van der Waals surface area contributed by atoms with E-state index in [9.17, 15) is 13.2 Å². The van der Waals surface area contributed by atoms with Gasteiger partial charge < -0.3 is 4.90 Å². The fourth-order valence-corrected chi connectivity index (χ4v) is 7.18. The van der Waals surface area contributed by atoms with Crippen LogP contribution >= 0.6 is 11.7 Å². The van der Waals surface area contributed by atoms with Gasteiger partial charge in [-0.2, -0.15) is 13.1 Å². The molecule has 1 saturated heterocycles. The third-order valence-electron chi connectivity index (χ3n) is 6.10. The number of benzene rings is 1. The van der Waals surface area contributed by atoms with Gasteiger partial charge >= 0.3 is 0 Å². The fourth-order valence-electron chi connectivity index (χ4n) is 4.78. The van der Waals surface area contributed by atoms with Gasteiger partial charge in [0.25, 0.3) is 0 Å². The first-order chi connectivity index (χ1) is 13.9. The molecule has 7 nitrogen and oxygen atoms in total. The Balaban J connectivity index is 1.65. The second-order valence-corrected chi connectivity index (χ2v) is 10.7. The third kappa shape index (κ3) is 3.80. The maximum absolute atomic E-state index is 13.6. The highest BCUT2D eigenvalue weighted by Crippen LogP contribution is 2.33. The molecule has 29 heavy (non-hydrogen) atoms. The quantitative estimate of drug-likeness (QED) is 0.717. The van der Waals surface area contributed by atoms with Gasteiger partial charge in [0.1, 0.15) is 22.0 Å². The molecule has 1 aromatic heterocycles. The van der Waals surface area contributed by atoms with Crippen molar-refractivity contribution in [1.29, 1.82) is 0 Å². The smallest absolute Gasteiger partial charge is 0.246 e. The van der Waals surface area contributed by atoms with Crippen molar-refractivity contribution in [3.63, 3.8) is 0 Å². The molecule has 0 radical (unpaired) electrons. The number of hydrogen-bond donors (Lipinski definition) is 0. The summed E-state index contributed by atoms with van der Waals surface area (Å²) in [6.07, 6.45) is 6.75. The molecule has 1 aliphatic heterocycles. The van der Waals surface area contributed by atoms with Gasteiger partial charge in [0.2, 0.25) is 15.9 Å². The summed E-state index contributed by atoms with van der Waals surface area (Å²) in [5, 5.41) is 0. The molecule has 0 spiro atoms. The maximum Gasteiger partial charge on any atom is 0.246 e. The molecular weight excluding hydrogens is 408 g/mol. The van der Waals surface area contributed by atoms with Crippen LogP contribution in [0, 0.1) is 0 Å². The van der Waals surface area contributed by atoms with Crippen LogP contribution in [-0.2, 0) is 14.8 Å². The summed E-state index contributed by atoms with van der Waals surface area (Å²) < 4.78 is 36.8. The van der Waals surface area contributed by atoms with Gasteiger partial charge in [-0.25, -0.2) is 8.42 Å². The van der Waals surface area contributed by atoms with E-state index in [0.717, 1.165) is 37.4 Å². The Bertz CT molecular complexity index is 983. The topological polar surface area (TPSA) is 83.5 Å². The molecule has 1 aromatic carbocycles. The fraction of sp³-hybridized carbons (Fsp3) is 0.650. The Hall–Kier alpha value is -1.58. The van der Waals surface area contributed by atoms with E-state index in [4.69, 9.17) is 0 Å². The summed E-state index contributed by atoms with van der Waals surface area (Å²) in [6, 6.07) is 4.65. The molecule has 1 aliphatic carbocycles. The lowest BCUT2D eigenvalue weighted by Crippen LogP contribution is -2.53. The highest BCUT2D eigenvalue weighted by molar-refractivity contribution is 7.89. The van der Waals surface area contributed by atoms with Gasteiger partial charge in [0.15, 0.2) is 0 Å². The highest BCUT2D eigenvalue weighted by atomic mass is 32.2. The second-order valence-electron chi connectivity index (χ2n) is 8.29. The minimum atomic E-state index is -3.83. The van der Waals surface area contributed by atoms with Gasteiger partial charge in [0, 0.05) is 18.6 Å². The molecule has 2 fully saturated rings. The Kier molecular flexibility index (Phi) is 5.90. The number of hydrogen-bond acceptors (Lipinski definition) is 6. The van der Waals surface area contributed by atoms with Crippen molar-refractivity contribution in [2.75, 3.05) is 6.54 Å². The van der Waals surface area contributed by atoms with Crippen molar-refractivity contribution >= 4 is 38.7 Å². The summed E-state index contributed by atoms with van der Waals surface area (Å²) >= 11 is 1.00. The van der Waals surface area contributed by atoms with Gasteiger partial charge in [-0.05, 0) is 51.7 Å². The van der Waals surface area contributed by atoms with E-state index in [-0.39, 0.29) is 22.9 Å². The first kappa shape index (κ1) is 20.7. The molecule has 2 aromatic rings. The van der Waals surface area contributed by atoms with Crippen molar-refractivity contribution in [2.45, 2.75) is 81.8 Å². The maximum atomic E-state index is 13.6. The molecule has 1 atom stereocenters. The van der Waals surface area contributed by atoms with Crippen LogP contribution in [0.25, 0.3) is 11.0 Å². The van der Waals surface area contributed by atoms with Crippen LogP contribution in [0.15, 0.2) is 23.1 Å². The predicted molar refractivity (Wildman–Crippen MR) is 113 cm³/mol. The van der Waals surface area contributed by atoms with Crippen LogP contribution < -0.4 is 0 Å². The molecule has 158 valence electrons. The van der Waals surface area contributed by atoms with Crippen molar-refractivity contribution in [3.05, 3.63) is 18.2 Å². The Morgan fingerprint density at radius 3 is 2.62 bits per heavy atom. The summed E-state index contributed by atoms with van der Waals surface area (Å²) in [7, 11) is -3.83. The molecule has 1 amide bonds. The van der Waals surface area contributed by atoms with E-state index < -0.39 is 16.1 Å². The molecule has 1 saturated carbocycles. The van der Waals surface area contributed by atoms with Gasteiger partial charge in [0.05, 0.1) is 11.7 Å². The van der Waals surface area contributed by atoms with Crippen LogP contribution in [-0.4, -0.2) is 56.9 Å². The largest absolute Gasteiger partial charge is 0.336 e. The lowest BCUT2D eigenvalue weighted by atomic mass is 9.92. The van der Waals surface area contributed by atoms with Crippen molar-refractivity contribution in [1.82, 2.24) is 18.0 Å². The molecule has 9 heteroatoms. The van der Waals surface area contributed by atoms with E-state index in [2.05, 4.69) is 8.75 Å². The van der Waals surface area contributed by atoms with Crippen molar-refractivity contribution in [2.24, 2.45) is 0 Å². The first-order valence-corrected chi connectivity index (χ1v) is 12.6. The Morgan fingerprint density at radius 2 is 1.90 bits per heavy atom. The molecule has 0 bridgehead atoms. The minimum Gasteiger partial charge on any atom is -0.336 e. The number of fused-ring (bicyclic) bond motifs is 1. The molecular formula is C20H28N4O3S2. The number of carbonyl (C=O) groups excluding carboxylic acids is 1. The molecule has 2 heterocycles. The first-order valence-electron chi connectivity index (χ1n) is 10.5. The van der Waals surface area contributed by atoms with Crippen LogP contribution in [0.5, 0.6) is 0 Å². The monoisotopic (exact) mass is 436 g/mol. The van der Waals surface area contributed by atoms with Gasteiger partial charge in [-0.1, -0.05) is 25.3 Å². The summed E-state index contributed by atoms with van der Waals surface area (Å²) in [5.41, 5.74) is 0.966. The van der Waals surface area contributed by atoms with Crippen molar-refractivity contribution in [3.8, 4) is 0 Å². The molecule has 0 N–H and O–H groups in total. The second kappa shape index (κ2) is 8.28. The summed E-state index contributed by atoms with van der Waals surface area (Å²) in [4.78, 5) is 15.7. The highest BCUT2D eigenvalue weighted by Gasteiger charge is 2.43. The average molecular weight is 437 g/mol. The third-order valence-corrected chi connectivity index (χ3v) is 8.59. The van der Waals surface area contributed by atoms with E-state index in [1.165, 1.54) is 10.7 Å². The van der Waals surface area contributed by atoms with E-state index in [1.54, 1.807) is 18.2 Å². The number of nitrogens with zero attached hydrogens (tertiary/aromatic N) is 4. The SMILES string of the molecule is CC(C)N(C(=O)C1CCCN1S(=O)(=O)c1cccc2nsnc12)C1CCCCC1. The zero-order valence-electron chi connectivity index (χ0n) is 17.0. The zero-order chi connectivity index (χ0) is 20.6. The lowest BCUT2D eigenvalue weighted by molar-refractivity contribution is -0.139. The number of rotatable bonds is 5. The lowest BCUT2D eigenvalue weighted by Gasteiger charge is -2.40. The van der Waals surface area contributed by atoms with Crippen LogP contribution in [0.2, 0.25) is 0 Å². The number of aromatic nitrogens is 2. The number of sulfonamides is 1. The normalized spacial score (nSPS) is 21.8. The van der Waals surface area contributed by atoms with Crippen LogP contribution in [0.1, 0.15) is 58.8 Å². The van der Waals surface area contributed by atoms with Crippen LogP contribution in [0.3, 0.4) is 0 Å². The molecule has 2 aliphatic rings. The average Bonchev–Trinajstić information content (AvgIpc) is 3.38. The number of carbonyl (C=O) groups is 1. The number of amides is 1.